The molecule has 0 unspecified atom stereocenters. The second kappa shape index (κ2) is 7.29. The van der Waals surface area contributed by atoms with Crippen LogP contribution in [0, 0.1) is 0 Å². The Labute approximate surface area is 157 Å². The minimum absolute atomic E-state index is 0.101. The minimum atomic E-state index is -0.101. The summed E-state index contributed by atoms with van der Waals surface area (Å²) >= 11 is 6.73. The van der Waals surface area contributed by atoms with Crippen LogP contribution < -0.4 is 14.5 Å². The lowest BCUT2D eigenvalue weighted by Crippen LogP contribution is -2.27. The molecular weight excluding hydrogens is 352 g/mol. The first-order valence-electron chi connectivity index (χ1n) is 7.69. The number of amides is 1. The zero-order valence-electron chi connectivity index (χ0n) is 14.2. The fourth-order valence-electron chi connectivity index (χ4n) is 2.47. The van der Waals surface area contributed by atoms with E-state index in [4.69, 9.17) is 17.0 Å². The average molecular weight is 370 g/mol. The molecule has 1 aliphatic rings. The number of anilines is 2. The lowest BCUT2D eigenvalue weighted by molar-refractivity contribution is -0.113. The fourth-order valence-corrected chi connectivity index (χ4v) is 3.77. The Morgan fingerprint density at radius 1 is 1.16 bits per heavy atom. The number of benzene rings is 2. The minimum Gasteiger partial charge on any atom is -0.497 e. The zero-order valence-corrected chi connectivity index (χ0v) is 15.9. The molecule has 6 heteroatoms. The molecule has 0 aliphatic carbocycles. The third-order valence-corrected chi connectivity index (χ3v) is 5.11. The van der Waals surface area contributed by atoms with E-state index in [0.29, 0.717) is 9.23 Å². The molecule has 1 fully saturated rings. The van der Waals surface area contributed by atoms with Crippen molar-refractivity contribution >= 4 is 51.7 Å². The van der Waals surface area contributed by atoms with Crippen molar-refractivity contribution in [1.29, 1.82) is 0 Å². The third kappa shape index (κ3) is 3.70. The Morgan fingerprint density at radius 2 is 1.88 bits per heavy atom. The molecule has 1 heterocycles. The summed E-state index contributed by atoms with van der Waals surface area (Å²) in [7, 11) is 5.58. The van der Waals surface area contributed by atoms with Crippen LogP contribution in [-0.2, 0) is 4.79 Å². The van der Waals surface area contributed by atoms with Gasteiger partial charge < -0.3 is 9.64 Å². The number of methoxy groups -OCH3 is 1. The van der Waals surface area contributed by atoms with Crippen LogP contribution in [0.5, 0.6) is 5.75 Å². The van der Waals surface area contributed by atoms with Gasteiger partial charge in [-0.2, -0.15) is 0 Å². The van der Waals surface area contributed by atoms with E-state index >= 15 is 0 Å². The van der Waals surface area contributed by atoms with E-state index in [1.807, 2.05) is 73.6 Å². The maximum Gasteiger partial charge on any atom is 0.270 e. The van der Waals surface area contributed by atoms with Crippen molar-refractivity contribution in [3.8, 4) is 5.75 Å². The standard InChI is InChI=1S/C19H18N2O2S2/c1-20(2)14-7-9-15(10-8-14)21-18(22)17(25-19(21)24)12-13-5-4-6-16(11-13)23-3/h4-12H,1-3H3/b17-12+. The van der Waals surface area contributed by atoms with Crippen molar-refractivity contribution < 1.29 is 9.53 Å². The Hall–Kier alpha value is -2.31. The molecule has 3 rings (SSSR count). The first-order chi connectivity index (χ1) is 12.0. The lowest BCUT2D eigenvalue weighted by atomic mass is 10.2. The van der Waals surface area contributed by atoms with Crippen LogP contribution in [0.25, 0.3) is 6.08 Å². The van der Waals surface area contributed by atoms with Gasteiger partial charge in [-0.05, 0) is 48.0 Å². The van der Waals surface area contributed by atoms with Gasteiger partial charge in [-0.1, -0.05) is 36.1 Å². The van der Waals surface area contributed by atoms with E-state index in [9.17, 15) is 4.79 Å². The topological polar surface area (TPSA) is 32.8 Å². The molecule has 2 aromatic rings. The molecule has 2 aromatic carbocycles. The van der Waals surface area contributed by atoms with Crippen molar-refractivity contribution in [2.45, 2.75) is 0 Å². The number of thiocarbonyl (C=S) groups is 1. The summed E-state index contributed by atoms with van der Waals surface area (Å²) in [4.78, 5) is 17.0. The van der Waals surface area contributed by atoms with Crippen LogP contribution in [0.2, 0.25) is 0 Å². The number of hydrogen-bond donors (Lipinski definition) is 0. The average Bonchev–Trinajstić information content (AvgIpc) is 2.88. The Balaban J connectivity index is 1.88. The molecule has 1 aliphatic heterocycles. The van der Waals surface area contributed by atoms with Gasteiger partial charge in [0.05, 0.1) is 17.7 Å². The Kier molecular flexibility index (Phi) is 5.11. The highest BCUT2D eigenvalue weighted by molar-refractivity contribution is 8.27. The fraction of sp³-hybridized carbons (Fsp3) is 0.158. The number of carbonyl (C=O) groups is 1. The van der Waals surface area contributed by atoms with Crippen molar-refractivity contribution in [3.63, 3.8) is 0 Å². The first-order valence-corrected chi connectivity index (χ1v) is 8.91. The molecule has 0 aromatic heterocycles. The van der Waals surface area contributed by atoms with Gasteiger partial charge in [0, 0.05) is 19.8 Å². The van der Waals surface area contributed by atoms with Crippen molar-refractivity contribution in [1.82, 2.24) is 0 Å². The first kappa shape index (κ1) is 17.5. The van der Waals surface area contributed by atoms with Gasteiger partial charge in [-0.25, -0.2) is 0 Å². The molecule has 0 radical (unpaired) electrons. The summed E-state index contributed by atoms with van der Waals surface area (Å²) in [5.41, 5.74) is 2.76. The molecule has 0 N–H and O–H groups in total. The van der Waals surface area contributed by atoms with Crippen molar-refractivity contribution in [3.05, 3.63) is 59.0 Å². The number of carbonyl (C=O) groups excluding carboxylic acids is 1. The maximum absolute atomic E-state index is 12.8. The predicted octanol–water partition coefficient (Wildman–Crippen LogP) is 4.17. The molecule has 1 saturated heterocycles. The number of nitrogens with zero attached hydrogens (tertiary/aromatic N) is 2. The van der Waals surface area contributed by atoms with E-state index in [-0.39, 0.29) is 5.91 Å². The van der Waals surface area contributed by atoms with Crippen LogP contribution in [0.3, 0.4) is 0 Å². The number of thioether (sulfide) groups is 1. The summed E-state index contributed by atoms with van der Waals surface area (Å²) < 4.78 is 5.77. The summed E-state index contributed by atoms with van der Waals surface area (Å²) in [6.07, 6.45) is 1.84. The third-order valence-electron chi connectivity index (χ3n) is 3.81. The normalized spacial score (nSPS) is 15.8. The number of rotatable bonds is 4. The van der Waals surface area contributed by atoms with Gasteiger partial charge >= 0.3 is 0 Å². The highest BCUT2D eigenvalue weighted by Crippen LogP contribution is 2.36. The zero-order chi connectivity index (χ0) is 18.0. The van der Waals surface area contributed by atoms with E-state index in [1.165, 1.54) is 11.8 Å². The van der Waals surface area contributed by atoms with Crippen LogP contribution in [-0.4, -0.2) is 31.4 Å². The SMILES string of the molecule is COc1cccc(/C=C2/SC(=S)N(c3ccc(N(C)C)cc3)C2=O)c1. The van der Waals surface area contributed by atoms with Gasteiger partial charge in [-0.15, -0.1) is 0 Å². The molecule has 1 amide bonds. The second-order valence-corrected chi connectivity index (χ2v) is 7.38. The highest BCUT2D eigenvalue weighted by Gasteiger charge is 2.33. The summed E-state index contributed by atoms with van der Waals surface area (Å²) in [6, 6.07) is 15.3. The van der Waals surface area contributed by atoms with E-state index in [2.05, 4.69) is 0 Å². The van der Waals surface area contributed by atoms with Gasteiger partial charge in [0.1, 0.15) is 5.75 Å². The van der Waals surface area contributed by atoms with E-state index in [0.717, 1.165) is 22.7 Å². The Morgan fingerprint density at radius 3 is 2.52 bits per heavy atom. The smallest absolute Gasteiger partial charge is 0.270 e. The monoisotopic (exact) mass is 370 g/mol. The summed E-state index contributed by atoms with van der Waals surface area (Å²) in [5.74, 6) is 0.652. The van der Waals surface area contributed by atoms with E-state index < -0.39 is 0 Å². The van der Waals surface area contributed by atoms with E-state index in [1.54, 1.807) is 12.0 Å². The van der Waals surface area contributed by atoms with Gasteiger partial charge in [0.25, 0.3) is 5.91 Å². The van der Waals surface area contributed by atoms with Crippen LogP contribution >= 0.6 is 24.0 Å². The quantitative estimate of drug-likeness (QED) is 0.596. The highest BCUT2D eigenvalue weighted by atomic mass is 32.2. The number of hydrogen-bond acceptors (Lipinski definition) is 5. The van der Waals surface area contributed by atoms with Crippen LogP contribution in [0.15, 0.2) is 53.4 Å². The largest absolute Gasteiger partial charge is 0.497 e. The molecular formula is C19H18N2O2S2. The molecule has 4 nitrogen and oxygen atoms in total. The summed E-state index contributed by atoms with van der Waals surface area (Å²) in [5, 5.41) is 0. The van der Waals surface area contributed by atoms with Gasteiger partial charge in [0.2, 0.25) is 0 Å². The van der Waals surface area contributed by atoms with Gasteiger partial charge in [0.15, 0.2) is 4.32 Å². The van der Waals surface area contributed by atoms with Crippen molar-refractivity contribution in [2.24, 2.45) is 0 Å². The molecule has 0 spiro atoms. The molecule has 25 heavy (non-hydrogen) atoms. The van der Waals surface area contributed by atoms with Crippen LogP contribution in [0.1, 0.15) is 5.56 Å². The molecule has 128 valence electrons. The molecule has 0 bridgehead atoms. The predicted molar refractivity (Wildman–Crippen MR) is 109 cm³/mol. The van der Waals surface area contributed by atoms with Crippen molar-refractivity contribution in [2.75, 3.05) is 31.0 Å². The molecule has 0 saturated carbocycles. The second-order valence-electron chi connectivity index (χ2n) is 5.70. The molecule has 0 atom stereocenters. The summed E-state index contributed by atoms with van der Waals surface area (Å²) in [6.45, 7) is 0. The maximum atomic E-state index is 12.8. The van der Waals surface area contributed by atoms with Gasteiger partial charge in [-0.3, -0.25) is 9.69 Å². The van der Waals surface area contributed by atoms with Crippen LogP contribution in [0.4, 0.5) is 11.4 Å². The number of ether oxygens (including phenoxy) is 1. The Bertz CT molecular complexity index is 845. The lowest BCUT2D eigenvalue weighted by Gasteiger charge is -2.17.